The van der Waals surface area contributed by atoms with E-state index in [1.54, 1.807) is 0 Å². The zero-order valence-electron chi connectivity index (χ0n) is 8.75. The number of amides is 1. The maximum absolute atomic E-state index is 10.7. The van der Waals surface area contributed by atoms with Crippen molar-refractivity contribution >= 4 is 11.9 Å². The Morgan fingerprint density at radius 3 is 2.53 bits per heavy atom. The van der Waals surface area contributed by atoms with E-state index in [1.807, 2.05) is 6.92 Å². The van der Waals surface area contributed by atoms with Crippen LogP contribution in [0.2, 0.25) is 0 Å². The van der Waals surface area contributed by atoms with E-state index in [-0.39, 0.29) is 24.8 Å². The summed E-state index contributed by atoms with van der Waals surface area (Å²) in [5.74, 6) is -1.22. The molecule has 1 fully saturated rings. The number of rotatable bonds is 6. The zero-order chi connectivity index (χ0) is 11.5. The van der Waals surface area contributed by atoms with Gasteiger partial charge in [0.05, 0.1) is 12.0 Å². The van der Waals surface area contributed by atoms with Gasteiger partial charge in [-0.05, 0) is 6.92 Å². The molecule has 5 N–H and O–H groups in total. The summed E-state index contributed by atoms with van der Waals surface area (Å²) < 4.78 is 0. The summed E-state index contributed by atoms with van der Waals surface area (Å²) in [5.41, 5.74) is 4.65. The molecule has 0 aromatic rings. The number of hydrogen-bond acceptors (Lipinski definition) is 4. The number of nitrogens with one attached hydrogen (secondary N) is 2. The minimum Gasteiger partial charge on any atom is -0.481 e. The summed E-state index contributed by atoms with van der Waals surface area (Å²) in [4.78, 5) is 21.3. The fraction of sp³-hybridized carbons (Fsp3) is 0.778. The Balaban J connectivity index is 2.45. The van der Waals surface area contributed by atoms with E-state index in [1.165, 1.54) is 0 Å². The molecule has 6 nitrogen and oxygen atoms in total. The lowest BCUT2D eigenvalue weighted by Gasteiger charge is -2.44. The third-order valence-electron chi connectivity index (χ3n) is 2.48. The number of primary amides is 1. The van der Waals surface area contributed by atoms with Gasteiger partial charge in [0.1, 0.15) is 0 Å². The molecule has 86 valence electrons. The van der Waals surface area contributed by atoms with Crippen molar-refractivity contribution in [3.8, 4) is 0 Å². The molecule has 1 atom stereocenters. The highest BCUT2D eigenvalue weighted by Crippen LogP contribution is 2.17. The first kappa shape index (κ1) is 11.9. The molecule has 0 aromatic heterocycles. The van der Waals surface area contributed by atoms with Crippen LogP contribution < -0.4 is 16.4 Å². The van der Waals surface area contributed by atoms with Gasteiger partial charge in [0, 0.05) is 25.6 Å². The van der Waals surface area contributed by atoms with Gasteiger partial charge in [-0.15, -0.1) is 0 Å². The van der Waals surface area contributed by atoms with Gasteiger partial charge in [0.15, 0.2) is 0 Å². The van der Waals surface area contributed by atoms with E-state index in [0.29, 0.717) is 13.1 Å². The monoisotopic (exact) mass is 215 g/mol. The average Bonchev–Trinajstić information content (AvgIpc) is 1.97. The fourth-order valence-electron chi connectivity index (χ4n) is 1.87. The Hall–Kier alpha value is -1.14. The molecule has 0 spiro atoms. The highest BCUT2D eigenvalue weighted by Gasteiger charge is 2.39. The predicted octanol–water partition coefficient (Wildman–Crippen LogP) is -1.34. The molecule has 1 heterocycles. The van der Waals surface area contributed by atoms with Gasteiger partial charge in [-0.25, -0.2) is 0 Å². The van der Waals surface area contributed by atoms with Crippen LogP contribution in [0.15, 0.2) is 0 Å². The second-order valence-corrected chi connectivity index (χ2v) is 4.17. The molecule has 1 saturated heterocycles. The van der Waals surface area contributed by atoms with Gasteiger partial charge < -0.3 is 21.5 Å². The molecule has 15 heavy (non-hydrogen) atoms. The third kappa shape index (κ3) is 3.49. The van der Waals surface area contributed by atoms with Crippen molar-refractivity contribution in [2.24, 2.45) is 5.73 Å². The predicted molar refractivity (Wildman–Crippen MR) is 54.3 cm³/mol. The smallest absolute Gasteiger partial charge is 0.305 e. The van der Waals surface area contributed by atoms with Crippen molar-refractivity contribution in [1.82, 2.24) is 10.6 Å². The number of aliphatic carboxylic acids is 1. The van der Waals surface area contributed by atoms with Gasteiger partial charge in [-0.1, -0.05) is 0 Å². The van der Waals surface area contributed by atoms with Gasteiger partial charge in [0.25, 0.3) is 0 Å². The molecule has 1 unspecified atom stereocenters. The molecule has 6 heteroatoms. The van der Waals surface area contributed by atoms with Crippen molar-refractivity contribution in [1.29, 1.82) is 0 Å². The Bertz CT molecular complexity index is 263. The first-order valence-corrected chi connectivity index (χ1v) is 4.92. The molecular weight excluding hydrogens is 198 g/mol. The molecule has 1 rings (SSSR count). The lowest BCUT2D eigenvalue weighted by Crippen LogP contribution is -2.70. The van der Waals surface area contributed by atoms with Crippen molar-refractivity contribution in [2.45, 2.75) is 31.3 Å². The largest absolute Gasteiger partial charge is 0.481 e. The summed E-state index contributed by atoms with van der Waals surface area (Å²) in [6, 6.07) is -0.0936. The maximum Gasteiger partial charge on any atom is 0.305 e. The molecule has 0 saturated carbocycles. The summed E-state index contributed by atoms with van der Waals surface area (Å²) in [6.07, 6.45) is 0.282. The van der Waals surface area contributed by atoms with Crippen molar-refractivity contribution in [3.63, 3.8) is 0 Å². The van der Waals surface area contributed by atoms with Gasteiger partial charge in [0.2, 0.25) is 5.91 Å². The summed E-state index contributed by atoms with van der Waals surface area (Å²) in [7, 11) is 0. The lowest BCUT2D eigenvalue weighted by atomic mass is 9.87. The molecule has 0 aliphatic carbocycles. The SMILES string of the molecule is CC(CC(N)=O)NC1(CC(=O)O)CNC1. The lowest BCUT2D eigenvalue weighted by molar-refractivity contribution is -0.139. The molecule has 1 aliphatic heterocycles. The first-order chi connectivity index (χ1) is 6.93. The van der Waals surface area contributed by atoms with Crippen LogP contribution in [-0.2, 0) is 9.59 Å². The van der Waals surface area contributed by atoms with Crippen molar-refractivity contribution in [2.75, 3.05) is 13.1 Å². The quantitative estimate of drug-likeness (QED) is 0.439. The van der Waals surface area contributed by atoms with E-state index in [4.69, 9.17) is 10.8 Å². The molecule has 0 radical (unpaired) electrons. The topological polar surface area (TPSA) is 104 Å². The van der Waals surface area contributed by atoms with Gasteiger partial charge in [-0.3, -0.25) is 9.59 Å². The van der Waals surface area contributed by atoms with Crippen LogP contribution in [0.3, 0.4) is 0 Å². The van der Waals surface area contributed by atoms with Gasteiger partial charge in [-0.2, -0.15) is 0 Å². The minimum absolute atomic E-state index is 0.0586. The van der Waals surface area contributed by atoms with Crippen LogP contribution in [0.4, 0.5) is 0 Å². The summed E-state index contributed by atoms with van der Waals surface area (Å²) in [5, 5.41) is 14.9. The highest BCUT2D eigenvalue weighted by molar-refractivity contribution is 5.74. The number of carbonyl (C=O) groups excluding carboxylic acids is 1. The van der Waals surface area contributed by atoms with Gasteiger partial charge >= 0.3 is 5.97 Å². The van der Waals surface area contributed by atoms with Crippen LogP contribution in [0.1, 0.15) is 19.8 Å². The van der Waals surface area contributed by atoms with E-state index >= 15 is 0 Å². The summed E-state index contributed by atoms with van der Waals surface area (Å²) >= 11 is 0. The molecule has 0 aromatic carbocycles. The van der Waals surface area contributed by atoms with E-state index in [0.717, 1.165) is 0 Å². The Labute approximate surface area is 88.2 Å². The minimum atomic E-state index is -0.838. The zero-order valence-corrected chi connectivity index (χ0v) is 8.75. The van der Waals surface area contributed by atoms with Crippen LogP contribution in [0, 0.1) is 0 Å². The van der Waals surface area contributed by atoms with Crippen molar-refractivity contribution in [3.05, 3.63) is 0 Å². The number of nitrogens with two attached hydrogens (primary N) is 1. The van der Waals surface area contributed by atoms with E-state index in [2.05, 4.69) is 10.6 Å². The van der Waals surface area contributed by atoms with E-state index in [9.17, 15) is 9.59 Å². The van der Waals surface area contributed by atoms with Crippen LogP contribution in [-0.4, -0.2) is 41.7 Å². The molecule has 1 aliphatic rings. The highest BCUT2D eigenvalue weighted by atomic mass is 16.4. The Morgan fingerprint density at radius 2 is 2.20 bits per heavy atom. The summed E-state index contributed by atoms with van der Waals surface area (Å²) in [6.45, 7) is 3.05. The van der Waals surface area contributed by atoms with Crippen LogP contribution in [0.25, 0.3) is 0 Å². The second-order valence-electron chi connectivity index (χ2n) is 4.17. The standard InChI is InChI=1S/C9H17N3O3/c1-6(2-7(10)13)12-9(3-8(14)15)4-11-5-9/h6,11-12H,2-5H2,1H3,(H2,10,13)(H,14,15). The first-order valence-electron chi connectivity index (χ1n) is 4.92. The normalized spacial score (nSPS) is 20.3. The molecule has 1 amide bonds. The number of hydrogen-bond donors (Lipinski definition) is 4. The molecule has 0 bridgehead atoms. The Kier molecular flexibility index (Phi) is 3.65. The number of carbonyl (C=O) groups is 2. The van der Waals surface area contributed by atoms with Crippen LogP contribution >= 0.6 is 0 Å². The van der Waals surface area contributed by atoms with Crippen LogP contribution in [0.5, 0.6) is 0 Å². The fourth-order valence-corrected chi connectivity index (χ4v) is 1.87. The molecular formula is C9H17N3O3. The van der Waals surface area contributed by atoms with Crippen molar-refractivity contribution < 1.29 is 14.7 Å². The number of carboxylic acid groups (broad SMARTS) is 1. The number of carboxylic acids is 1. The second kappa shape index (κ2) is 4.59. The maximum atomic E-state index is 10.7. The van der Waals surface area contributed by atoms with E-state index < -0.39 is 11.5 Å². The Morgan fingerprint density at radius 1 is 1.60 bits per heavy atom. The average molecular weight is 215 g/mol. The third-order valence-corrected chi connectivity index (χ3v) is 2.48.